The van der Waals surface area contributed by atoms with Crippen LogP contribution in [0.5, 0.6) is 0 Å². The van der Waals surface area contributed by atoms with Gasteiger partial charge in [-0.2, -0.15) is 0 Å². The Morgan fingerprint density at radius 2 is 1.79 bits per heavy atom. The van der Waals surface area contributed by atoms with Gasteiger partial charge in [0.25, 0.3) is 11.8 Å². The molecule has 4 aliphatic heterocycles. The van der Waals surface area contributed by atoms with Crippen molar-refractivity contribution >= 4 is 29.2 Å². The maximum Gasteiger partial charge on any atom is 0.410 e. The van der Waals surface area contributed by atoms with Gasteiger partial charge >= 0.3 is 6.09 Å². The number of H-pyrrole nitrogens is 1. The molecule has 1 unspecified atom stereocenters. The number of anilines is 1. The summed E-state index contributed by atoms with van der Waals surface area (Å²) in [7, 11) is 3.39. The monoisotopic (exact) mass is 779 g/mol. The Labute approximate surface area is 329 Å². The van der Waals surface area contributed by atoms with Crippen molar-refractivity contribution in [1.82, 2.24) is 35.3 Å². The lowest BCUT2D eigenvalue weighted by atomic mass is 9.71. The number of alkyl halides is 2. The Balaban J connectivity index is 0.924. The van der Waals surface area contributed by atoms with Gasteiger partial charge in [0.1, 0.15) is 17.1 Å². The smallest absolute Gasteiger partial charge is 0.410 e. The van der Waals surface area contributed by atoms with Gasteiger partial charge in [-0.25, -0.2) is 18.6 Å². The molecule has 1 saturated carbocycles. The molecule has 1 spiro atoms. The molecule has 4 fully saturated rings. The van der Waals surface area contributed by atoms with Gasteiger partial charge in [0.2, 0.25) is 0 Å². The van der Waals surface area contributed by atoms with Crippen molar-refractivity contribution in [3.8, 4) is 0 Å². The number of amides is 2. The Kier molecular flexibility index (Phi) is 11.5. The molecule has 0 radical (unpaired) electrons. The first-order valence-electron chi connectivity index (χ1n) is 20.2. The molecule has 1 aliphatic carbocycles. The van der Waals surface area contributed by atoms with Gasteiger partial charge in [-0.05, 0) is 108 Å². The summed E-state index contributed by atoms with van der Waals surface area (Å²) in [5.41, 5.74) is 3.50. The third-order valence-corrected chi connectivity index (χ3v) is 12.7. The van der Waals surface area contributed by atoms with Gasteiger partial charge in [0.15, 0.2) is 5.82 Å². The number of aromatic nitrogens is 2. The molecule has 5 heterocycles. The number of benzene rings is 1. The van der Waals surface area contributed by atoms with E-state index in [9.17, 15) is 9.59 Å². The number of ether oxygens (including phenoxy) is 2. The summed E-state index contributed by atoms with van der Waals surface area (Å²) in [5.74, 6) is -2.38. The fraction of sp³-hybridized carbons (Fsp3) is 0.659. The van der Waals surface area contributed by atoms with E-state index < -0.39 is 17.6 Å². The molecule has 306 valence electrons. The Bertz CT molecular complexity index is 1790. The lowest BCUT2D eigenvalue weighted by molar-refractivity contribution is -0.139. The minimum absolute atomic E-state index is 0.0201. The van der Waals surface area contributed by atoms with Crippen LogP contribution in [0.2, 0.25) is 0 Å². The first-order chi connectivity index (χ1) is 26.7. The van der Waals surface area contributed by atoms with Crippen LogP contribution in [-0.4, -0.2) is 132 Å². The van der Waals surface area contributed by atoms with Crippen molar-refractivity contribution in [3.05, 3.63) is 53.1 Å². The summed E-state index contributed by atoms with van der Waals surface area (Å²) in [6, 6.07) is 5.17. The van der Waals surface area contributed by atoms with Crippen molar-refractivity contribution in [2.45, 2.75) is 108 Å². The van der Waals surface area contributed by atoms with Gasteiger partial charge in [-0.1, -0.05) is 12.1 Å². The summed E-state index contributed by atoms with van der Waals surface area (Å²) in [6.07, 6.45) is 9.41. The molecule has 5 aliphatic rings. The van der Waals surface area contributed by atoms with Gasteiger partial charge < -0.3 is 34.9 Å². The lowest BCUT2D eigenvalue weighted by Gasteiger charge is -2.50. The molecular weight excluding hydrogens is 721 g/mol. The number of methoxy groups -OCH3 is 1. The van der Waals surface area contributed by atoms with E-state index in [1.54, 1.807) is 25.1 Å². The van der Waals surface area contributed by atoms with Crippen molar-refractivity contribution < 1.29 is 27.8 Å². The molecule has 15 heteroatoms. The molecule has 56 heavy (non-hydrogen) atoms. The van der Waals surface area contributed by atoms with Crippen molar-refractivity contribution in [3.63, 3.8) is 0 Å². The summed E-state index contributed by atoms with van der Waals surface area (Å²) >= 11 is 0. The molecule has 1 aromatic heterocycles. The fourth-order valence-corrected chi connectivity index (χ4v) is 9.24. The van der Waals surface area contributed by atoms with Crippen LogP contribution < -0.4 is 15.5 Å². The average molecular weight is 780 g/mol. The number of rotatable bonds is 9. The third-order valence-electron chi connectivity index (χ3n) is 12.7. The van der Waals surface area contributed by atoms with E-state index in [0.717, 1.165) is 55.3 Å². The number of hydrogen-bond acceptors (Lipinski definition) is 9. The van der Waals surface area contributed by atoms with Gasteiger partial charge in [0, 0.05) is 58.6 Å². The Morgan fingerprint density at radius 1 is 1.05 bits per heavy atom. The number of nitrogens with zero attached hydrogens (tertiary/aromatic N) is 5. The zero-order valence-corrected chi connectivity index (χ0v) is 33.6. The van der Waals surface area contributed by atoms with E-state index in [4.69, 9.17) is 14.9 Å². The number of imidazole rings is 1. The van der Waals surface area contributed by atoms with E-state index in [-0.39, 0.29) is 41.9 Å². The number of carbonyl (C=O) groups is 2. The normalized spacial score (nSPS) is 25.4. The van der Waals surface area contributed by atoms with Crippen LogP contribution in [0.4, 0.5) is 19.3 Å². The fourth-order valence-electron chi connectivity index (χ4n) is 9.24. The van der Waals surface area contributed by atoms with Crippen molar-refractivity contribution in [2.75, 3.05) is 64.9 Å². The summed E-state index contributed by atoms with van der Waals surface area (Å²) in [5, 5.41) is 15.1. The van der Waals surface area contributed by atoms with Crippen LogP contribution in [0.1, 0.15) is 93.2 Å². The molecule has 4 N–H and O–H groups in total. The van der Waals surface area contributed by atoms with Crippen LogP contribution in [0.15, 0.2) is 30.5 Å². The number of piperidine rings is 3. The van der Waals surface area contributed by atoms with E-state index in [1.807, 2.05) is 53.7 Å². The minimum Gasteiger partial charge on any atom is -0.444 e. The van der Waals surface area contributed by atoms with Crippen LogP contribution in [-0.2, 0) is 22.4 Å². The standard InChI is InChI=1S/C41H59F2N9O4/c1-39(2,3)56-38(54)51-21-15-40(16-22-51)13-19-50(20-14-40)34-12-17-49(26-41(34,42)43)25-27-7-6-8-32-28(27)11-18-52(32)35(44)23-30(45-4)36-46-24-31(47-36)37(53)48-29-9-10-33(29)55-5/h6-8,23-24,29,33-34,44-45H,9-22,25-26H2,1-5H3,(H,46,47)(H,48,53)/b30-23+,44-35?/t29-,33-,34?/m1/s1. The second kappa shape index (κ2) is 16.0. The van der Waals surface area contributed by atoms with E-state index >= 15 is 8.78 Å². The van der Waals surface area contributed by atoms with Crippen LogP contribution >= 0.6 is 0 Å². The highest BCUT2D eigenvalue weighted by Gasteiger charge is 2.50. The van der Waals surface area contributed by atoms with Crippen molar-refractivity contribution in [2.24, 2.45) is 5.41 Å². The minimum atomic E-state index is -2.83. The van der Waals surface area contributed by atoms with E-state index in [0.29, 0.717) is 75.9 Å². The third kappa shape index (κ3) is 8.59. The first-order valence-corrected chi connectivity index (χ1v) is 20.2. The van der Waals surface area contributed by atoms with Crippen molar-refractivity contribution in [1.29, 1.82) is 5.41 Å². The predicted octanol–water partition coefficient (Wildman–Crippen LogP) is 5.24. The predicted molar refractivity (Wildman–Crippen MR) is 211 cm³/mol. The number of fused-ring (bicyclic) bond motifs is 1. The lowest BCUT2D eigenvalue weighted by Crippen LogP contribution is -2.60. The number of hydrogen-bond donors (Lipinski definition) is 4. The van der Waals surface area contributed by atoms with E-state index in [1.165, 1.54) is 6.20 Å². The number of aromatic amines is 1. The van der Waals surface area contributed by atoms with E-state index in [2.05, 4.69) is 20.6 Å². The van der Waals surface area contributed by atoms with Gasteiger partial charge in [0.05, 0.1) is 36.6 Å². The summed E-state index contributed by atoms with van der Waals surface area (Å²) < 4.78 is 42.9. The Hall–Kier alpha value is -4.08. The number of likely N-dealkylation sites (tertiary alicyclic amines) is 3. The van der Waals surface area contributed by atoms with Gasteiger partial charge in [-0.15, -0.1) is 0 Å². The Morgan fingerprint density at radius 3 is 2.43 bits per heavy atom. The number of carbonyl (C=O) groups excluding carboxylic acids is 2. The highest BCUT2D eigenvalue weighted by molar-refractivity contribution is 6.08. The molecule has 7 rings (SSSR count). The second-order valence-corrected chi connectivity index (χ2v) is 17.4. The topological polar surface area (TPSA) is 142 Å². The average Bonchev–Trinajstić information content (AvgIpc) is 3.81. The number of amidine groups is 1. The quantitative estimate of drug-likeness (QED) is 0.199. The summed E-state index contributed by atoms with van der Waals surface area (Å²) in [6.45, 7) is 9.61. The molecule has 3 saturated heterocycles. The highest BCUT2D eigenvalue weighted by atomic mass is 19.3. The van der Waals surface area contributed by atoms with Crippen LogP contribution in [0, 0.1) is 10.8 Å². The zero-order valence-electron chi connectivity index (χ0n) is 33.6. The van der Waals surface area contributed by atoms with Gasteiger partial charge in [-0.3, -0.25) is 20.0 Å². The molecule has 3 atom stereocenters. The highest BCUT2D eigenvalue weighted by Crippen LogP contribution is 2.44. The largest absolute Gasteiger partial charge is 0.444 e. The SMILES string of the molecule is CN/C(=C/C(=N)N1CCc2c(CN3CCC(N4CCC5(CCN(C(=O)OC(C)(C)C)CC5)CC4)C(F)(F)C3)cccc21)c1ncc(C(=O)N[C@@H]2CC[C@H]2OC)[nH]1. The molecule has 2 amide bonds. The second-order valence-electron chi connectivity index (χ2n) is 17.4. The molecule has 1 aromatic carbocycles. The molecule has 13 nitrogen and oxygen atoms in total. The zero-order chi connectivity index (χ0) is 39.8. The molecular formula is C41H59F2N9O4. The van der Waals surface area contributed by atoms with Crippen LogP contribution in [0.25, 0.3) is 5.70 Å². The maximum absolute atomic E-state index is 16.0. The molecule has 0 bridgehead atoms. The number of nitrogens with one attached hydrogen (secondary N) is 4. The van der Waals surface area contributed by atoms with Crippen LogP contribution in [0.3, 0.4) is 0 Å². The number of halogens is 2. The maximum atomic E-state index is 16.0. The molecule has 2 aromatic rings. The summed E-state index contributed by atoms with van der Waals surface area (Å²) in [4.78, 5) is 40.5. The first kappa shape index (κ1) is 40.1.